The number of nitrogens with zero attached hydrogens (tertiary/aromatic N) is 1. The van der Waals surface area contributed by atoms with Gasteiger partial charge in [-0.2, -0.15) is 0 Å². The van der Waals surface area contributed by atoms with Crippen molar-refractivity contribution in [3.8, 4) is 0 Å². The molecule has 1 saturated heterocycles. The zero-order valence-electron chi connectivity index (χ0n) is 15.3. The molecule has 0 aromatic heterocycles. The van der Waals surface area contributed by atoms with E-state index in [0.29, 0.717) is 23.1 Å². The molecule has 7 nitrogen and oxygen atoms in total. The van der Waals surface area contributed by atoms with E-state index in [4.69, 9.17) is 0 Å². The first-order chi connectivity index (χ1) is 13.5. The van der Waals surface area contributed by atoms with Crippen LogP contribution in [0, 0.1) is 35.5 Å². The molecule has 1 N–H and O–H groups in total. The number of rotatable bonds is 4. The standard InChI is InChI=1S/C21H20N2O5/c1-28-21(27)10-2-4-11(5-3-10)22-16(24)9-23-19(25)17-12-6-7-13(15-8-14(12)15)18(17)20(23)26/h2-7,12-15,17-18H,8-9H2,1H3,(H,22,24). The van der Waals surface area contributed by atoms with Crippen LogP contribution < -0.4 is 5.32 Å². The predicted molar refractivity (Wildman–Crippen MR) is 97.8 cm³/mol. The maximum Gasteiger partial charge on any atom is 0.337 e. The molecule has 6 unspecified atom stereocenters. The second-order valence-corrected chi connectivity index (χ2v) is 8.03. The van der Waals surface area contributed by atoms with Gasteiger partial charge in [-0.15, -0.1) is 0 Å². The Balaban J connectivity index is 1.27. The third kappa shape index (κ3) is 2.42. The molecule has 1 aromatic rings. The van der Waals surface area contributed by atoms with E-state index in [1.165, 1.54) is 19.2 Å². The summed E-state index contributed by atoms with van der Waals surface area (Å²) in [6.07, 6.45) is 5.33. The van der Waals surface area contributed by atoms with Crippen LogP contribution in [0.25, 0.3) is 0 Å². The van der Waals surface area contributed by atoms with Crippen LogP contribution in [-0.2, 0) is 19.1 Å². The first-order valence-electron chi connectivity index (χ1n) is 9.51. The summed E-state index contributed by atoms with van der Waals surface area (Å²) < 4.78 is 4.64. The second-order valence-electron chi connectivity index (χ2n) is 8.03. The van der Waals surface area contributed by atoms with Crippen molar-refractivity contribution >= 4 is 29.4 Å². The van der Waals surface area contributed by atoms with Crippen LogP contribution in [0.5, 0.6) is 0 Å². The molecule has 2 saturated carbocycles. The summed E-state index contributed by atoms with van der Waals surface area (Å²) in [5.41, 5.74) is 0.855. The van der Waals surface area contributed by atoms with Gasteiger partial charge in [-0.1, -0.05) is 12.2 Å². The number of likely N-dealkylation sites (tertiary alicyclic amines) is 1. The van der Waals surface area contributed by atoms with Gasteiger partial charge in [0.05, 0.1) is 24.5 Å². The highest BCUT2D eigenvalue weighted by molar-refractivity contribution is 6.09. The lowest BCUT2D eigenvalue weighted by Crippen LogP contribution is -2.40. The minimum absolute atomic E-state index is 0.148. The number of ether oxygens (including phenoxy) is 1. The van der Waals surface area contributed by atoms with Crippen LogP contribution in [0.4, 0.5) is 5.69 Å². The van der Waals surface area contributed by atoms with E-state index < -0.39 is 11.9 Å². The molecule has 1 aliphatic heterocycles. The van der Waals surface area contributed by atoms with Crippen LogP contribution in [0.1, 0.15) is 16.8 Å². The summed E-state index contributed by atoms with van der Waals surface area (Å²) in [7, 11) is 1.30. The third-order valence-electron chi connectivity index (χ3n) is 6.65. The zero-order chi connectivity index (χ0) is 19.6. The number of amides is 3. The molecule has 1 heterocycles. The molecule has 3 fully saturated rings. The molecule has 6 rings (SSSR count). The molecule has 7 heteroatoms. The van der Waals surface area contributed by atoms with Crippen LogP contribution in [0.15, 0.2) is 36.4 Å². The highest BCUT2D eigenvalue weighted by Crippen LogP contribution is 2.65. The zero-order valence-corrected chi connectivity index (χ0v) is 15.3. The second kappa shape index (κ2) is 6.02. The van der Waals surface area contributed by atoms with Crippen molar-refractivity contribution in [2.45, 2.75) is 6.42 Å². The normalized spacial score (nSPS) is 34.1. The maximum atomic E-state index is 12.9. The van der Waals surface area contributed by atoms with Crippen LogP contribution in [0.3, 0.4) is 0 Å². The van der Waals surface area contributed by atoms with Crippen LogP contribution in [-0.4, -0.2) is 42.2 Å². The van der Waals surface area contributed by atoms with Crippen molar-refractivity contribution in [3.05, 3.63) is 42.0 Å². The van der Waals surface area contributed by atoms with E-state index in [1.807, 2.05) is 0 Å². The quantitative estimate of drug-likeness (QED) is 0.485. The molecule has 0 spiro atoms. The van der Waals surface area contributed by atoms with E-state index in [2.05, 4.69) is 22.2 Å². The fraction of sp³-hybridized carbons (Fsp3) is 0.429. The molecule has 144 valence electrons. The topological polar surface area (TPSA) is 92.8 Å². The highest BCUT2D eigenvalue weighted by Gasteiger charge is 2.67. The van der Waals surface area contributed by atoms with Crippen molar-refractivity contribution in [2.24, 2.45) is 35.5 Å². The number of methoxy groups -OCH3 is 1. The number of hydrogen-bond acceptors (Lipinski definition) is 5. The van der Waals surface area contributed by atoms with Gasteiger partial charge in [-0.05, 0) is 54.4 Å². The molecule has 3 amide bonds. The molecule has 6 atom stereocenters. The van der Waals surface area contributed by atoms with Crippen LogP contribution in [0.2, 0.25) is 0 Å². The number of anilines is 1. The monoisotopic (exact) mass is 380 g/mol. The molecule has 28 heavy (non-hydrogen) atoms. The van der Waals surface area contributed by atoms with Crippen molar-refractivity contribution in [1.29, 1.82) is 0 Å². The molecule has 0 radical (unpaired) electrons. The minimum atomic E-state index is -0.463. The van der Waals surface area contributed by atoms with Gasteiger partial charge >= 0.3 is 5.97 Å². The summed E-state index contributed by atoms with van der Waals surface area (Å²) in [6.45, 7) is -0.280. The van der Waals surface area contributed by atoms with E-state index in [9.17, 15) is 19.2 Å². The number of imide groups is 1. The fourth-order valence-electron chi connectivity index (χ4n) is 5.33. The molecule has 2 bridgehead atoms. The number of carbonyl (C=O) groups is 4. The predicted octanol–water partition coefficient (Wildman–Crippen LogP) is 1.46. The Bertz CT molecular complexity index is 885. The Morgan fingerprint density at radius 2 is 1.61 bits per heavy atom. The van der Waals surface area contributed by atoms with E-state index in [-0.39, 0.29) is 42.0 Å². The van der Waals surface area contributed by atoms with Crippen molar-refractivity contribution in [1.82, 2.24) is 4.90 Å². The smallest absolute Gasteiger partial charge is 0.337 e. The molecule has 1 aromatic carbocycles. The van der Waals surface area contributed by atoms with Crippen LogP contribution >= 0.6 is 0 Å². The average Bonchev–Trinajstić information content (AvgIpc) is 3.49. The summed E-state index contributed by atoms with van der Waals surface area (Å²) in [5, 5.41) is 2.68. The average molecular weight is 380 g/mol. The van der Waals surface area contributed by atoms with Gasteiger partial charge in [-0.25, -0.2) is 4.79 Å². The Morgan fingerprint density at radius 3 is 2.14 bits per heavy atom. The number of benzene rings is 1. The largest absolute Gasteiger partial charge is 0.465 e. The molecular formula is C21H20N2O5. The number of allylic oxidation sites excluding steroid dienone is 2. The summed E-state index contributed by atoms with van der Waals surface area (Å²) in [6, 6.07) is 6.24. The fourth-order valence-corrected chi connectivity index (χ4v) is 5.33. The number of carbonyl (C=O) groups excluding carboxylic acids is 4. The lowest BCUT2D eigenvalue weighted by Gasteiger charge is -2.37. The summed E-state index contributed by atoms with van der Waals surface area (Å²) in [4.78, 5) is 50.8. The van der Waals surface area contributed by atoms with Gasteiger partial charge in [0.2, 0.25) is 17.7 Å². The van der Waals surface area contributed by atoms with E-state index in [0.717, 1.165) is 11.3 Å². The van der Waals surface area contributed by atoms with Crippen molar-refractivity contribution in [2.75, 3.05) is 19.0 Å². The van der Waals surface area contributed by atoms with Gasteiger partial charge in [0, 0.05) is 5.69 Å². The van der Waals surface area contributed by atoms with Gasteiger partial charge in [0.15, 0.2) is 0 Å². The first kappa shape index (κ1) is 17.2. The third-order valence-corrected chi connectivity index (χ3v) is 6.65. The number of nitrogens with one attached hydrogen (secondary N) is 1. The van der Waals surface area contributed by atoms with E-state index >= 15 is 0 Å². The molecule has 4 aliphatic carbocycles. The minimum Gasteiger partial charge on any atom is -0.465 e. The van der Waals surface area contributed by atoms with Gasteiger partial charge < -0.3 is 10.1 Å². The first-order valence-corrected chi connectivity index (χ1v) is 9.51. The van der Waals surface area contributed by atoms with E-state index in [1.54, 1.807) is 12.1 Å². The Hall–Kier alpha value is -2.96. The summed E-state index contributed by atoms with van der Waals surface area (Å²) >= 11 is 0. The Labute approximate surface area is 161 Å². The Morgan fingerprint density at radius 1 is 1.04 bits per heavy atom. The highest BCUT2D eigenvalue weighted by atomic mass is 16.5. The maximum absolute atomic E-state index is 12.9. The van der Waals surface area contributed by atoms with Gasteiger partial charge in [-0.3, -0.25) is 19.3 Å². The van der Waals surface area contributed by atoms with Crippen molar-refractivity contribution in [3.63, 3.8) is 0 Å². The molecular weight excluding hydrogens is 360 g/mol. The van der Waals surface area contributed by atoms with Crippen molar-refractivity contribution < 1.29 is 23.9 Å². The van der Waals surface area contributed by atoms with Gasteiger partial charge in [0.1, 0.15) is 6.54 Å². The number of esters is 1. The lowest BCUT2D eigenvalue weighted by molar-refractivity contribution is -0.142. The number of hydrogen-bond donors (Lipinski definition) is 1. The SMILES string of the molecule is COC(=O)c1ccc(NC(=O)CN2C(=O)C3C4C=CC(C5CC45)C3C2=O)cc1. The molecule has 5 aliphatic rings. The lowest BCUT2D eigenvalue weighted by atomic mass is 9.63. The summed E-state index contributed by atoms with van der Waals surface area (Å²) in [5.74, 6) is -0.536. The van der Waals surface area contributed by atoms with Gasteiger partial charge in [0.25, 0.3) is 0 Å². The Kier molecular flexibility index (Phi) is 3.69.